The van der Waals surface area contributed by atoms with Crippen LogP contribution in [0.3, 0.4) is 0 Å². The summed E-state index contributed by atoms with van der Waals surface area (Å²) in [5.74, 6) is 1.26. The number of hydrogen-bond acceptors (Lipinski definition) is 7. The Morgan fingerprint density at radius 2 is 1.81 bits per heavy atom. The second kappa shape index (κ2) is 9.32. The highest BCUT2D eigenvalue weighted by molar-refractivity contribution is 5.76. The number of aryl methyl sites for hydroxylation is 1. The average Bonchev–Trinajstić information content (AvgIpc) is 3.25. The third-order valence-corrected chi connectivity index (χ3v) is 4.97. The highest BCUT2D eigenvalue weighted by Crippen LogP contribution is 2.26. The van der Waals surface area contributed by atoms with Crippen LogP contribution in [0.4, 0.5) is 5.95 Å². The van der Waals surface area contributed by atoms with Gasteiger partial charge in [0.25, 0.3) is 0 Å². The number of para-hydroxylation sites is 1. The van der Waals surface area contributed by atoms with Gasteiger partial charge in [0.1, 0.15) is 24.0 Å². The van der Waals surface area contributed by atoms with E-state index in [-0.39, 0.29) is 23.8 Å². The number of aliphatic hydroxyl groups excluding tert-OH is 1. The molecular weight excluding hydrogens is 394 g/mol. The zero-order valence-corrected chi connectivity index (χ0v) is 17.2. The SMILES string of the molecule is Cc1ccc(OC/C(O)=C(\C#N)c2nnc(N3CCOCC3)n2-c2ccccc2)cc1. The van der Waals surface area contributed by atoms with E-state index in [1.54, 1.807) is 4.57 Å². The normalized spacial score (nSPS) is 14.6. The number of benzene rings is 2. The van der Waals surface area contributed by atoms with Gasteiger partial charge in [-0.25, -0.2) is 0 Å². The molecule has 1 aliphatic rings. The van der Waals surface area contributed by atoms with Crippen molar-refractivity contribution in [1.82, 2.24) is 14.8 Å². The molecule has 0 radical (unpaired) electrons. The first-order valence-corrected chi connectivity index (χ1v) is 10.0. The van der Waals surface area contributed by atoms with E-state index in [1.165, 1.54) is 0 Å². The largest absolute Gasteiger partial charge is 0.507 e. The number of rotatable bonds is 6. The first-order chi connectivity index (χ1) is 15.2. The van der Waals surface area contributed by atoms with Crippen molar-refractivity contribution in [2.45, 2.75) is 6.92 Å². The van der Waals surface area contributed by atoms with Crippen LogP contribution in [-0.4, -0.2) is 52.8 Å². The van der Waals surface area contributed by atoms with E-state index in [0.29, 0.717) is 38.0 Å². The smallest absolute Gasteiger partial charge is 0.232 e. The number of anilines is 1. The average molecular weight is 417 g/mol. The molecule has 1 saturated heterocycles. The summed E-state index contributed by atoms with van der Waals surface area (Å²) in [5.41, 5.74) is 1.92. The highest BCUT2D eigenvalue weighted by atomic mass is 16.5. The van der Waals surface area contributed by atoms with Gasteiger partial charge >= 0.3 is 0 Å². The summed E-state index contributed by atoms with van der Waals surface area (Å²) < 4.78 is 12.9. The second-order valence-corrected chi connectivity index (χ2v) is 7.13. The first-order valence-electron chi connectivity index (χ1n) is 10.0. The van der Waals surface area contributed by atoms with Crippen molar-refractivity contribution in [3.05, 3.63) is 71.7 Å². The van der Waals surface area contributed by atoms with Gasteiger partial charge in [0.15, 0.2) is 11.6 Å². The quantitative estimate of drug-likeness (QED) is 0.486. The molecule has 1 N–H and O–H groups in total. The van der Waals surface area contributed by atoms with Gasteiger partial charge in [-0.1, -0.05) is 35.9 Å². The van der Waals surface area contributed by atoms with Crippen LogP contribution in [0.25, 0.3) is 11.3 Å². The van der Waals surface area contributed by atoms with Gasteiger partial charge < -0.3 is 19.5 Å². The van der Waals surface area contributed by atoms with E-state index >= 15 is 0 Å². The van der Waals surface area contributed by atoms with E-state index in [9.17, 15) is 10.4 Å². The van der Waals surface area contributed by atoms with Gasteiger partial charge in [-0.3, -0.25) is 4.57 Å². The van der Waals surface area contributed by atoms with Crippen LogP contribution >= 0.6 is 0 Å². The van der Waals surface area contributed by atoms with Crippen LogP contribution in [0, 0.1) is 18.3 Å². The summed E-state index contributed by atoms with van der Waals surface area (Å²) in [7, 11) is 0. The van der Waals surface area contributed by atoms with Gasteiger partial charge in [-0.05, 0) is 31.2 Å². The Labute approximate surface area is 180 Å². The summed E-state index contributed by atoms with van der Waals surface area (Å²) in [6.45, 7) is 4.34. The lowest BCUT2D eigenvalue weighted by Gasteiger charge is -2.28. The topological polar surface area (TPSA) is 96.4 Å². The molecule has 158 valence electrons. The molecule has 1 fully saturated rings. The van der Waals surface area contributed by atoms with Crippen LogP contribution in [0.2, 0.25) is 0 Å². The van der Waals surface area contributed by atoms with Crippen LogP contribution in [0.5, 0.6) is 5.75 Å². The first kappa shape index (κ1) is 20.4. The third-order valence-electron chi connectivity index (χ3n) is 4.97. The Hall–Kier alpha value is -3.83. The Bertz CT molecular complexity index is 1090. The van der Waals surface area contributed by atoms with Crippen molar-refractivity contribution in [3.63, 3.8) is 0 Å². The lowest BCUT2D eigenvalue weighted by atomic mass is 10.2. The van der Waals surface area contributed by atoms with E-state index in [1.807, 2.05) is 61.5 Å². The van der Waals surface area contributed by atoms with Gasteiger partial charge in [0.2, 0.25) is 5.95 Å². The molecule has 0 atom stereocenters. The number of allylic oxidation sites excluding steroid dienone is 1. The van der Waals surface area contributed by atoms with Gasteiger partial charge in [-0.15, -0.1) is 10.2 Å². The lowest BCUT2D eigenvalue weighted by Crippen LogP contribution is -2.38. The summed E-state index contributed by atoms with van der Waals surface area (Å²) in [5, 5.41) is 29.1. The fourth-order valence-corrected chi connectivity index (χ4v) is 3.32. The van der Waals surface area contributed by atoms with Crippen LogP contribution < -0.4 is 9.64 Å². The number of hydrogen-bond donors (Lipinski definition) is 1. The van der Waals surface area contributed by atoms with E-state index in [4.69, 9.17) is 9.47 Å². The highest BCUT2D eigenvalue weighted by Gasteiger charge is 2.25. The van der Waals surface area contributed by atoms with E-state index < -0.39 is 0 Å². The lowest BCUT2D eigenvalue weighted by molar-refractivity contribution is 0.122. The predicted octanol–water partition coefficient (Wildman–Crippen LogP) is 3.28. The number of morpholine rings is 1. The number of nitrogens with zero attached hydrogens (tertiary/aromatic N) is 5. The van der Waals surface area contributed by atoms with E-state index in [2.05, 4.69) is 21.2 Å². The maximum Gasteiger partial charge on any atom is 0.232 e. The number of nitriles is 1. The standard InChI is InChI=1S/C23H23N5O3/c1-17-7-9-19(10-8-17)31-16-21(29)20(15-24)22-25-26-23(27-11-13-30-14-12-27)28(22)18-5-3-2-4-6-18/h2-10,29H,11-14,16H2,1H3/b21-20-. The van der Waals surface area contributed by atoms with E-state index in [0.717, 1.165) is 11.3 Å². The molecule has 0 bridgehead atoms. The van der Waals surface area contributed by atoms with Gasteiger partial charge in [-0.2, -0.15) is 5.26 Å². The summed E-state index contributed by atoms with van der Waals surface area (Å²) >= 11 is 0. The molecule has 2 heterocycles. The zero-order chi connectivity index (χ0) is 21.6. The zero-order valence-electron chi connectivity index (χ0n) is 17.2. The summed E-state index contributed by atoms with van der Waals surface area (Å²) in [6, 6.07) is 19.1. The molecule has 31 heavy (non-hydrogen) atoms. The Balaban J connectivity index is 1.70. The molecule has 3 aromatic rings. The van der Waals surface area contributed by atoms with Crippen molar-refractivity contribution in [2.75, 3.05) is 37.8 Å². The Morgan fingerprint density at radius 3 is 2.48 bits per heavy atom. The maximum atomic E-state index is 10.7. The van der Waals surface area contributed by atoms with Gasteiger partial charge in [0.05, 0.1) is 18.9 Å². The molecule has 0 spiro atoms. The maximum absolute atomic E-state index is 10.7. The predicted molar refractivity (Wildman–Crippen MR) is 116 cm³/mol. The summed E-state index contributed by atoms with van der Waals surface area (Å²) in [4.78, 5) is 2.06. The third kappa shape index (κ3) is 4.52. The van der Waals surface area contributed by atoms with Crippen LogP contribution in [0.15, 0.2) is 60.4 Å². The van der Waals surface area contributed by atoms with Crippen molar-refractivity contribution in [2.24, 2.45) is 0 Å². The van der Waals surface area contributed by atoms with Crippen LogP contribution in [0.1, 0.15) is 11.4 Å². The minimum absolute atomic E-state index is 0.0166. The number of ether oxygens (including phenoxy) is 2. The van der Waals surface area contributed by atoms with Crippen molar-refractivity contribution in [1.29, 1.82) is 5.26 Å². The van der Waals surface area contributed by atoms with Crippen molar-refractivity contribution < 1.29 is 14.6 Å². The fourth-order valence-electron chi connectivity index (χ4n) is 3.32. The number of aliphatic hydroxyl groups is 1. The Kier molecular flexibility index (Phi) is 6.15. The van der Waals surface area contributed by atoms with Crippen molar-refractivity contribution >= 4 is 11.5 Å². The molecule has 0 unspecified atom stereocenters. The molecule has 8 heteroatoms. The second-order valence-electron chi connectivity index (χ2n) is 7.13. The van der Waals surface area contributed by atoms with Gasteiger partial charge in [0, 0.05) is 13.1 Å². The molecule has 0 amide bonds. The monoisotopic (exact) mass is 417 g/mol. The molecular formula is C23H23N5O3. The van der Waals surface area contributed by atoms with Crippen LogP contribution in [-0.2, 0) is 4.74 Å². The minimum atomic E-state index is -0.207. The van der Waals surface area contributed by atoms with Crippen molar-refractivity contribution in [3.8, 4) is 17.5 Å². The Morgan fingerprint density at radius 1 is 1.10 bits per heavy atom. The molecule has 0 saturated carbocycles. The molecule has 1 aliphatic heterocycles. The molecule has 4 rings (SSSR count). The molecule has 2 aromatic carbocycles. The molecule has 0 aliphatic carbocycles. The molecule has 1 aromatic heterocycles. The minimum Gasteiger partial charge on any atom is -0.507 e. The fraction of sp³-hybridized carbons (Fsp3) is 0.261. The summed E-state index contributed by atoms with van der Waals surface area (Å²) in [6.07, 6.45) is 0. The molecule has 8 nitrogen and oxygen atoms in total. The number of aromatic nitrogens is 3.